The molecule has 128 valence electrons. The molecule has 1 N–H and O–H groups in total. The van der Waals surface area contributed by atoms with Crippen LogP contribution in [0.4, 0.5) is 0 Å². The van der Waals surface area contributed by atoms with E-state index in [-0.39, 0.29) is 5.41 Å². The Morgan fingerprint density at radius 2 is 1.62 bits per heavy atom. The predicted molar refractivity (Wildman–Crippen MR) is 96.7 cm³/mol. The van der Waals surface area contributed by atoms with Crippen molar-refractivity contribution in [3.05, 3.63) is 65.2 Å². The van der Waals surface area contributed by atoms with Gasteiger partial charge < -0.3 is 9.84 Å². The number of hydrogen-bond acceptors (Lipinski definition) is 2. The second-order valence-electron chi connectivity index (χ2n) is 7.05. The molecule has 2 aromatic carbocycles. The van der Waals surface area contributed by atoms with Gasteiger partial charge in [0.15, 0.2) is 6.10 Å². The highest BCUT2D eigenvalue weighted by Crippen LogP contribution is 2.25. The maximum Gasteiger partial charge on any atom is 0.345 e. The van der Waals surface area contributed by atoms with Gasteiger partial charge in [-0.15, -0.1) is 0 Å². The van der Waals surface area contributed by atoms with E-state index in [1.807, 2.05) is 48.5 Å². The molecule has 2 aromatic rings. The van der Waals surface area contributed by atoms with Crippen molar-refractivity contribution >= 4 is 5.97 Å². The van der Waals surface area contributed by atoms with Gasteiger partial charge in [-0.05, 0) is 40.7 Å². The highest BCUT2D eigenvalue weighted by molar-refractivity contribution is 5.73. The van der Waals surface area contributed by atoms with Gasteiger partial charge in [0.25, 0.3) is 0 Å². The highest BCUT2D eigenvalue weighted by Gasteiger charge is 2.21. The molecule has 0 heterocycles. The fourth-order valence-corrected chi connectivity index (χ4v) is 2.68. The summed E-state index contributed by atoms with van der Waals surface area (Å²) in [6.45, 7) is 8.50. The lowest BCUT2D eigenvalue weighted by molar-refractivity contribution is -0.145. The number of carboxylic acids is 1. The molecule has 1 atom stereocenters. The molecular formula is C21H26O3. The lowest BCUT2D eigenvalue weighted by atomic mass is 9.87. The van der Waals surface area contributed by atoms with Crippen LogP contribution in [-0.2, 0) is 23.1 Å². The Labute approximate surface area is 144 Å². The number of aryl methyl sites for hydroxylation is 1. The number of hydrogen-bond donors (Lipinski definition) is 1. The van der Waals surface area contributed by atoms with Crippen molar-refractivity contribution in [1.29, 1.82) is 0 Å². The molecule has 0 radical (unpaired) electrons. The van der Waals surface area contributed by atoms with Crippen LogP contribution in [0.25, 0.3) is 0 Å². The van der Waals surface area contributed by atoms with E-state index in [0.717, 1.165) is 17.5 Å². The van der Waals surface area contributed by atoms with Gasteiger partial charge in [-0.25, -0.2) is 4.79 Å². The molecule has 0 aromatic heterocycles. The average molecular weight is 326 g/mol. The van der Waals surface area contributed by atoms with E-state index < -0.39 is 12.1 Å². The first-order valence-electron chi connectivity index (χ1n) is 8.38. The standard InChI is InChI=1S/C21H26O3/c1-5-15-8-6-7-9-16(15)14-19(20(22)23)24-18-12-10-17(11-13-18)21(2,3)4/h6-13,19H,5,14H2,1-4H3,(H,22,23). The molecule has 0 saturated carbocycles. The van der Waals surface area contributed by atoms with Crippen molar-refractivity contribution in [3.63, 3.8) is 0 Å². The summed E-state index contributed by atoms with van der Waals surface area (Å²) in [5, 5.41) is 9.52. The van der Waals surface area contributed by atoms with Crippen LogP contribution in [0.5, 0.6) is 5.75 Å². The fourth-order valence-electron chi connectivity index (χ4n) is 2.68. The number of aliphatic carboxylic acids is 1. The minimum atomic E-state index is -0.944. The van der Waals surface area contributed by atoms with Crippen molar-refractivity contribution < 1.29 is 14.6 Å². The van der Waals surface area contributed by atoms with Crippen LogP contribution < -0.4 is 4.74 Å². The van der Waals surface area contributed by atoms with E-state index in [1.54, 1.807) is 0 Å². The lowest BCUT2D eigenvalue weighted by Gasteiger charge is -2.20. The van der Waals surface area contributed by atoms with E-state index >= 15 is 0 Å². The topological polar surface area (TPSA) is 46.5 Å². The monoisotopic (exact) mass is 326 g/mol. The maximum absolute atomic E-state index is 11.6. The second kappa shape index (κ2) is 7.52. The zero-order chi connectivity index (χ0) is 17.7. The first-order valence-corrected chi connectivity index (χ1v) is 8.38. The molecule has 3 heteroatoms. The summed E-state index contributed by atoms with van der Waals surface area (Å²) >= 11 is 0. The van der Waals surface area contributed by atoms with Gasteiger partial charge in [-0.2, -0.15) is 0 Å². The van der Waals surface area contributed by atoms with Crippen molar-refractivity contribution in [2.75, 3.05) is 0 Å². The van der Waals surface area contributed by atoms with Crippen LogP contribution in [0.15, 0.2) is 48.5 Å². The molecule has 0 aliphatic rings. The summed E-state index contributed by atoms with van der Waals surface area (Å²) in [5.41, 5.74) is 3.44. The largest absolute Gasteiger partial charge is 0.478 e. The van der Waals surface area contributed by atoms with Crippen LogP contribution >= 0.6 is 0 Å². The van der Waals surface area contributed by atoms with Crippen LogP contribution in [0.3, 0.4) is 0 Å². The Kier molecular flexibility index (Phi) is 5.66. The fraction of sp³-hybridized carbons (Fsp3) is 0.381. The number of benzene rings is 2. The smallest absolute Gasteiger partial charge is 0.345 e. The number of rotatable bonds is 6. The van der Waals surface area contributed by atoms with E-state index in [2.05, 4.69) is 27.7 Å². The molecule has 24 heavy (non-hydrogen) atoms. The number of carboxylic acid groups (broad SMARTS) is 1. The molecule has 0 fully saturated rings. The number of ether oxygens (including phenoxy) is 1. The van der Waals surface area contributed by atoms with Gasteiger partial charge in [0, 0.05) is 6.42 Å². The predicted octanol–water partition coefficient (Wildman–Crippen LogP) is 4.62. The number of carbonyl (C=O) groups is 1. The Hall–Kier alpha value is -2.29. The lowest BCUT2D eigenvalue weighted by Crippen LogP contribution is -2.29. The Bertz CT molecular complexity index is 681. The van der Waals surface area contributed by atoms with Crippen molar-refractivity contribution in [1.82, 2.24) is 0 Å². The zero-order valence-electron chi connectivity index (χ0n) is 14.9. The summed E-state index contributed by atoms with van der Waals surface area (Å²) in [6.07, 6.45) is 0.349. The molecule has 2 rings (SSSR count). The molecule has 0 amide bonds. The Morgan fingerprint density at radius 3 is 2.12 bits per heavy atom. The molecule has 1 unspecified atom stereocenters. The van der Waals surface area contributed by atoms with Gasteiger partial charge in [-0.1, -0.05) is 64.1 Å². The SMILES string of the molecule is CCc1ccccc1CC(Oc1ccc(C(C)(C)C)cc1)C(=O)O. The second-order valence-corrected chi connectivity index (χ2v) is 7.05. The molecule has 0 aliphatic heterocycles. The van der Waals surface area contributed by atoms with Crippen molar-refractivity contribution in [3.8, 4) is 5.75 Å². The Balaban J connectivity index is 2.16. The molecular weight excluding hydrogens is 300 g/mol. The average Bonchev–Trinajstić information content (AvgIpc) is 2.54. The van der Waals surface area contributed by atoms with Crippen molar-refractivity contribution in [2.24, 2.45) is 0 Å². The normalized spacial score (nSPS) is 12.7. The minimum absolute atomic E-state index is 0.0603. The quantitative estimate of drug-likeness (QED) is 0.842. The zero-order valence-corrected chi connectivity index (χ0v) is 14.9. The van der Waals surface area contributed by atoms with Crippen LogP contribution in [0.1, 0.15) is 44.4 Å². The van der Waals surface area contributed by atoms with Crippen LogP contribution in [-0.4, -0.2) is 17.2 Å². The van der Waals surface area contributed by atoms with Crippen LogP contribution in [0, 0.1) is 0 Å². The molecule has 0 bridgehead atoms. The van der Waals surface area contributed by atoms with E-state index in [9.17, 15) is 9.90 Å². The van der Waals surface area contributed by atoms with E-state index in [1.165, 1.54) is 5.56 Å². The molecule has 0 spiro atoms. The maximum atomic E-state index is 11.6. The summed E-state index contributed by atoms with van der Waals surface area (Å²) in [4.78, 5) is 11.6. The first-order chi connectivity index (χ1) is 11.3. The van der Waals surface area contributed by atoms with Gasteiger partial charge in [0.05, 0.1) is 0 Å². The third-order valence-corrected chi connectivity index (χ3v) is 4.18. The van der Waals surface area contributed by atoms with Gasteiger partial charge >= 0.3 is 5.97 Å². The summed E-state index contributed by atoms with van der Waals surface area (Å²) < 4.78 is 5.75. The van der Waals surface area contributed by atoms with Crippen molar-refractivity contribution in [2.45, 2.75) is 52.1 Å². The van der Waals surface area contributed by atoms with Gasteiger partial charge in [0.2, 0.25) is 0 Å². The summed E-state index contributed by atoms with van der Waals surface area (Å²) in [5.74, 6) is -0.356. The highest BCUT2D eigenvalue weighted by atomic mass is 16.5. The third kappa shape index (κ3) is 4.60. The van der Waals surface area contributed by atoms with Gasteiger partial charge in [0.1, 0.15) is 5.75 Å². The third-order valence-electron chi connectivity index (χ3n) is 4.18. The summed E-state index contributed by atoms with van der Waals surface area (Å²) in [6, 6.07) is 15.6. The van der Waals surface area contributed by atoms with E-state index in [0.29, 0.717) is 12.2 Å². The Morgan fingerprint density at radius 1 is 1.04 bits per heavy atom. The van der Waals surface area contributed by atoms with E-state index in [4.69, 9.17) is 4.74 Å². The van der Waals surface area contributed by atoms with Crippen LogP contribution in [0.2, 0.25) is 0 Å². The minimum Gasteiger partial charge on any atom is -0.478 e. The summed E-state index contributed by atoms with van der Waals surface area (Å²) in [7, 11) is 0. The molecule has 3 nitrogen and oxygen atoms in total. The first kappa shape index (κ1) is 18.1. The molecule has 0 saturated heterocycles. The van der Waals surface area contributed by atoms with Gasteiger partial charge in [-0.3, -0.25) is 0 Å². The molecule has 0 aliphatic carbocycles.